The molecule has 0 aliphatic heterocycles. The van der Waals surface area contributed by atoms with E-state index in [1.807, 2.05) is 24.6 Å². The quantitative estimate of drug-likeness (QED) is 0.769. The SMILES string of the molecule is CNc1csc(-c2ccc3oc(=O)n(C)c3c2)n1. The topological polar surface area (TPSA) is 60.1 Å². The Labute approximate surface area is 107 Å². The van der Waals surface area contributed by atoms with E-state index in [1.54, 1.807) is 24.5 Å². The Morgan fingerprint density at radius 2 is 2.28 bits per heavy atom. The zero-order valence-electron chi connectivity index (χ0n) is 9.93. The van der Waals surface area contributed by atoms with Crippen molar-refractivity contribution in [2.75, 3.05) is 12.4 Å². The van der Waals surface area contributed by atoms with Crippen LogP contribution in [0.15, 0.2) is 32.8 Å². The van der Waals surface area contributed by atoms with E-state index in [4.69, 9.17) is 4.42 Å². The third kappa shape index (κ3) is 1.62. The standard InChI is InChI=1S/C12H11N3O2S/c1-13-10-6-18-11(14-10)7-3-4-9-8(5-7)15(2)12(16)17-9/h3-6,13H,1-2H3. The van der Waals surface area contributed by atoms with Gasteiger partial charge in [0.2, 0.25) is 0 Å². The number of hydrogen-bond donors (Lipinski definition) is 1. The van der Waals surface area contributed by atoms with Gasteiger partial charge in [0.25, 0.3) is 0 Å². The molecule has 6 heteroatoms. The second-order valence-electron chi connectivity index (χ2n) is 3.90. The lowest BCUT2D eigenvalue weighted by molar-refractivity contribution is 0.528. The lowest BCUT2D eigenvalue weighted by Crippen LogP contribution is -2.08. The first-order valence-electron chi connectivity index (χ1n) is 5.42. The fraction of sp³-hybridized carbons (Fsp3) is 0.167. The van der Waals surface area contributed by atoms with Gasteiger partial charge in [-0.1, -0.05) is 0 Å². The van der Waals surface area contributed by atoms with Crippen LogP contribution in [0.25, 0.3) is 21.7 Å². The van der Waals surface area contributed by atoms with Gasteiger partial charge in [-0.3, -0.25) is 4.57 Å². The summed E-state index contributed by atoms with van der Waals surface area (Å²) < 4.78 is 6.59. The van der Waals surface area contributed by atoms with Crippen LogP contribution in [0.2, 0.25) is 0 Å². The number of nitrogens with one attached hydrogen (secondary N) is 1. The molecule has 0 spiro atoms. The molecule has 0 atom stereocenters. The van der Waals surface area contributed by atoms with Crippen LogP contribution in [-0.4, -0.2) is 16.6 Å². The molecule has 3 rings (SSSR count). The summed E-state index contributed by atoms with van der Waals surface area (Å²) in [6.07, 6.45) is 0. The summed E-state index contributed by atoms with van der Waals surface area (Å²) in [6.45, 7) is 0. The van der Waals surface area contributed by atoms with E-state index in [2.05, 4.69) is 10.3 Å². The van der Waals surface area contributed by atoms with Crippen LogP contribution in [0.3, 0.4) is 0 Å². The van der Waals surface area contributed by atoms with Crippen LogP contribution in [-0.2, 0) is 7.05 Å². The predicted octanol–water partition coefficient (Wildman–Crippen LogP) is 2.30. The van der Waals surface area contributed by atoms with Crippen molar-refractivity contribution < 1.29 is 4.42 Å². The zero-order chi connectivity index (χ0) is 12.7. The Balaban J connectivity index is 2.18. The Bertz CT molecular complexity index is 769. The van der Waals surface area contributed by atoms with Crippen molar-refractivity contribution in [1.29, 1.82) is 0 Å². The largest absolute Gasteiger partial charge is 0.419 e. The molecule has 2 heterocycles. The zero-order valence-corrected chi connectivity index (χ0v) is 10.7. The molecular formula is C12H11N3O2S. The predicted molar refractivity (Wildman–Crippen MR) is 72.1 cm³/mol. The Morgan fingerprint density at radius 3 is 3.00 bits per heavy atom. The highest BCUT2D eigenvalue weighted by molar-refractivity contribution is 7.13. The van der Waals surface area contributed by atoms with Gasteiger partial charge in [0.1, 0.15) is 10.8 Å². The number of thiazole rings is 1. The van der Waals surface area contributed by atoms with Crippen molar-refractivity contribution in [2.45, 2.75) is 0 Å². The second-order valence-corrected chi connectivity index (χ2v) is 4.76. The molecule has 0 saturated heterocycles. The molecule has 0 bridgehead atoms. The van der Waals surface area contributed by atoms with Gasteiger partial charge in [-0.05, 0) is 18.2 Å². The van der Waals surface area contributed by atoms with Crippen molar-refractivity contribution in [3.05, 3.63) is 34.1 Å². The number of aromatic nitrogens is 2. The molecule has 0 fully saturated rings. The molecule has 5 nitrogen and oxygen atoms in total. The van der Waals surface area contributed by atoms with Crippen LogP contribution < -0.4 is 11.1 Å². The minimum Gasteiger partial charge on any atom is -0.408 e. The Kier molecular flexibility index (Phi) is 2.45. The van der Waals surface area contributed by atoms with Crippen molar-refractivity contribution in [3.8, 4) is 10.6 Å². The number of aryl methyl sites for hydroxylation is 1. The van der Waals surface area contributed by atoms with E-state index >= 15 is 0 Å². The first-order valence-corrected chi connectivity index (χ1v) is 6.30. The van der Waals surface area contributed by atoms with Gasteiger partial charge < -0.3 is 9.73 Å². The number of anilines is 1. The van der Waals surface area contributed by atoms with E-state index in [1.165, 1.54) is 4.57 Å². The number of fused-ring (bicyclic) bond motifs is 1. The summed E-state index contributed by atoms with van der Waals surface area (Å²) in [4.78, 5) is 15.8. The molecular weight excluding hydrogens is 250 g/mol. The Morgan fingerprint density at radius 1 is 1.44 bits per heavy atom. The number of benzene rings is 1. The monoisotopic (exact) mass is 261 g/mol. The normalized spacial score (nSPS) is 11.0. The lowest BCUT2D eigenvalue weighted by Gasteiger charge is -1.97. The lowest BCUT2D eigenvalue weighted by atomic mass is 10.2. The van der Waals surface area contributed by atoms with Crippen LogP contribution >= 0.6 is 11.3 Å². The van der Waals surface area contributed by atoms with E-state index in [9.17, 15) is 4.79 Å². The molecule has 2 aromatic heterocycles. The highest BCUT2D eigenvalue weighted by atomic mass is 32.1. The maximum atomic E-state index is 11.4. The number of oxazole rings is 1. The van der Waals surface area contributed by atoms with Crippen molar-refractivity contribution in [1.82, 2.24) is 9.55 Å². The maximum absolute atomic E-state index is 11.4. The number of hydrogen-bond acceptors (Lipinski definition) is 5. The summed E-state index contributed by atoms with van der Waals surface area (Å²) in [5.74, 6) is 0.494. The van der Waals surface area contributed by atoms with Crippen LogP contribution in [0.1, 0.15) is 0 Å². The summed E-state index contributed by atoms with van der Waals surface area (Å²) in [5, 5.41) is 5.86. The fourth-order valence-corrected chi connectivity index (χ4v) is 2.59. The molecule has 0 amide bonds. The smallest absolute Gasteiger partial charge is 0.408 e. The van der Waals surface area contributed by atoms with Crippen LogP contribution in [0.5, 0.6) is 0 Å². The van der Waals surface area contributed by atoms with Crippen molar-refractivity contribution in [3.63, 3.8) is 0 Å². The van der Waals surface area contributed by atoms with Gasteiger partial charge in [-0.15, -0.1) is 11.3 Å². The molecule has 0 unspecified atom stereocenters. The number of rotatable bonds is 2. The fourth-order valence-electron chi connectivity index (χ4n) is 1.78. The van der Waals surface area contributed by atoms with Gasteiger partial charge in [0.05, 0.1) is 5.52 Å². The summed E-state index contributed by atoms with van der Waals surface area (Å²) in [6, 6.07) is 5.62. The van der Waals surface area contributed by atoms with E-state index in [0.29, 0.717) is 5.58 Å². The summed E-state index contributed by atoms with van der Waals surface area (Å²) >= 11 is 1.56. The Hall–Kier alpha value is -2.08. The minimum atomic E-state index is -0.350. The maximum Gasteiger partial charge on any atom is 0.419 e. The molecule has 92 valence electrons. The molecule has 18 heavy (non-hydrogen) atoms. The highest BCUT2D eigenvalue weighted by Crippen LogP contribution is 2.28. The molecule has 0 aliphatic carbocycles. The van der Waals surface area contributed by atoms with Gasteiger partial charge in [-0.25, -0.2) is 9.78 Å². The minimum absolute atomic E-state index is 0.350. The molecule has 1 N–H and O–H groups in total. The van der Waals surface area contributed by atoms with Crippen LogP contribution in [0, 0.1) is 0 Å². The molecule has 3 aromatic rings. The van der Waals surface area contributed by atoms with E-state index in [-0.39, 0.29) is 5.76 Å². The molecule has 0 radical (unpaired) electrons. The molecule has 0 saturated carbocycles. The number of nitrogens with zero attached hydrogens (tertiary/aromatic N) is 2. The van der Waals surface area contributed by atoms with Gasteiger partial charge in [0, 0.05) is 25.0 Å². The van der Waals surface area contributed by atoms with Gasteiger partial charge in [-0.2, -0.15) is 0 Å². The average molecular weight is 261 g/mol. The van der Waals surface area contributed by atoms with E-state index < -0.39 is 0 Å². The summed E-state index contributed by atoms with van der Waals surface area (Å²) in [7, 11) is 3.53. The third-order valence-electron chi connectivity index (χ3n) is 2.80. The third-order valence-corrected chi connectivity index (χ3v) is 3.69. The van der Waals surface area contributed by atoms with Crippen molar-refractivity contribution >= 4 is 28.3 Å². The first-order chi connectivity index (χ1) is 8.69. The summed E-state index contributed by atoms with van der Waals surface area (Å²) in [5.41, 5.74) is 2.35. The second kappa shape index (κ2) is 3.99. The molecule has 1 aromatic carbocycles. The van der Waals surface area contributed by atoms with Gasteiger partial charge >= 0.3 is 5.76 Å². The highest BCUT2D eigenvalue weighted by Gasteiger charge is 2.09. The molecule has 0 aliphatic rings. The van der Waals surface area contributed by atoms with E-state index in [0.717, 1.165) is 21.9 Å². The van der Waals surface area contributed by atoms with Crippen molar-refractivity contribution in [2.24, 2.45) is 7.05 Å². The van der Waals surface area contributed by atoms with Crippen LogP contribution in [0.4, 0.5) is 5.82 Å². The average Bonchev–Trinajstić information content (AvgIpc) is 2.96. The van der Waals surface area contributed by atoms with Gasteiger partial charge in [0.15, 0.2) is 5.58 Å². The first kappa shape index (κ1) is 11.0.